The van der Waals surface area contributed by atoms with Crippen LogP contribution in [0.15, 0.2) is 18.2 Å². The highest BCUT2D eigenvalue weighted by Crippen LogP contribution is 2.46. The van der Waals surface area contributed by atoms with Gasteiger partial charge in [0.2, 0.25) is 0 Å². The first kappa shape index (κ1) is 13.4. The second kappa shape index (κ2) is 4.90. The second-order valence-corrected chi connectivity index (χ2v) is 4.34. The lowest BCUT2D eigenvalue weighted by Gasteiger charge is -2.24. The molecule has 100 valence electrons. The Morgan fingerprint density at radius 2 is 2.06 bits per heavy atom. The van der Waals surface area contributed by atoms with Gasteiger partial charge in [-0.1, -0.05) is 18.6 Å². The van der Waals surface area contributed by atoms with Crippen molar-refractivity contribution in [1.29, 1.82) is 0 Å². The lowest BCUT2D eigenvalue weighted by atomic mass is 9.96. The summed E-state index contributed by atoms with van der Waals surface area (Å²) in [6, 6.07) is 5.11. The van der Waals surface area contributed by atoms with Gasteiger partial charge in [-0.05, 0) is 25.5 Å². The van der Waals surface area contributed by atoms with E-state index in [0.717, 1.165) is 31.4 Å². The summed E-state index contributed by atoms with van der Waals surface area (Å²) in [7, 11) is 0. The highest BCUT2D eigenvalue weighted by molar-refractivity contribution is 5.85. The number of benzene rings is 1. The van der Waals surface area contributed by atoms with Gasteiger partial charge in [0.05, 0.1) is 0 Å². The molecule has 18 heavy (non-hydrogen) atoms. The van der Waals surface area contributed by atoms with Gasteiger partial charge >= 0.3 is 6.29 Å². The van der Waals surface area contributed by atoms with Crippen LogP contribution in [0.4, 0.5) is 8.78 Å². The number of fused-ring (bicyclic) bond motifs is 1. The topological polar surface area (TPSA) is 30.5 Å². The van der Waals surface area contributed by atoms with Gasteiger partial charge < -0.3 is 14.8 Å². The van der Waals surface area contributed by atoms with E-state index >= 15 is 0 Å². The van der Waals surface area contributed by atoms with E-state index in [1.54, 1.807) is 6.07 Å². The van der Waals surface area contributed by atoms with Crippen molar-refractivity contribution in [3.63, 3.8) is 0 Å². The standard InChI is InChI=1S/C12H13F2NO2.ClH/c13-12(14)16-10-6-3-4-8(11(10)17-12)9-5-1-2-7-15-9;/h3-4,6,9,15H,1-2,5,7H2;1H/t9-;/m0./s1. The summed E-state index contributed by atoms with van der Waals surface area (Å²) in [5.41, 5.74) is 0.763. The van der Waals surface area contributed by atoms with Crippen LogP contribution in [-0.2, 0) is 0 Å². The summed E-state index contributed by atoms with van der Waals surface area (Å²) in [6.07, 6.45) is -0.379. The predicted molar refractivity (Wildman–Crippen MR) is 64.5 cm³/mol. The Labute approximate surface area is 110 Å². The molecule has 0 aromatic heterocycles. The zero-order chi connectivity index (χ0) is 11.9. The van der Waals surface area contributed by atoms with Crippen LogP contribution < -0.4 is 14.8 Å². The first-order valence-corrected chi connectivity index (χ1v) is 5.78. The first-order chi connectivity index (χ1) is 8.16. The molecule has 2 aliphatic heterocycles. The van der Waals surface area contributed by atoms with Gasteiger partial charge in [-0.15, -0.1) is 21.2 Å². The van der Waals surface area contributed by atoms with Gasteiger partial charge in [0.1, 0.15) is 0 Å². The molecule has 2 aliphatic rings. The van der Waals surface area contributed by atoms with Crippen LogP contribution in [0.2, 0.25) is 0 Å². The molecule has 1 atom stereocenters. The number of nitrogens with one attached hydrogen (secondary N) is 1. The van der Waals surface area contributed by atoms with Gasteiger partial charge in [-0.25, -0.2) is 0 Å². The van der Waals surface area contributed by atoms with Crippen molar-refractivity contribution in [3.8, 4) is 11.5 Å². The zero-order valence-electron chi connectivity index (χ0n) is 9.62. The number of rotatable bonds is 1. The monoisotopic (exact) mass is 277 g/mol. The number of alkyl halides is 2. The van der Waals surface area contributed by atoms with Crippen molar-refractivity contribution in [1.82, 2.24) is 5.32 Å². The molecular formula is C12H14ClF2NO2. The zero-order valence-corrected chi connectivity index (χ0v) is 10.4. The average Bonchev–Trinajstić information content (AvgIpc) is 2.63. The second-order valence-electron chi connectivity index (χ2n) is 4.34. The van der Waals surface area contributed by atoms with Crippen LogP contribution in [0.3, 0.4) is 0 Å². The van der Waals surface area contributed by atoms with E-state index in [2.05, 4.69) is 14.8 Å². The highest BCUT2D eigenvalue weighted by atomic mass is 35.5. The van der Waals surface area contributed by atoms with E-state index < -0.39 is 6.29 Å². The molecule has 1 aromatic rings. The van der Waals surface area contributed by atoms with Crippen LogP contribution >= 0.6 is 12.4 Å². The molecule has 0 amide bonds. The fraction of sp³-hybridized carbons (Fsp3) is 0.500. The Hall–Kier alpha value is -1.07. The Morgan fingerprint density at radius 1 is 1.22 bits per heavy atom. The first-order valence-electron chi connectivity index (χ1n) is 5.78. The molecule has 1 saturated heterocycles. The van der Waals surface area contributed by atoms with E-state index in [1.807, 2.05) is 6.07 Å². The van der Waals surface area contributed by atoms with Crippen LogP contribution in [-0.4, -0.2) is 12.8 Å². The number of hydrogen-bond donors (Lipinski definition) is 1. The fourth-order valence-electron chi connectivity index (χ4n) is 2.38. The van der Waals surface area contributed by atoms with Crippen molar-refractivity contribution in [2.24, 2.45) is 0 Å². The smallest absolute Gasteiger partial charge is 0.395 e. The molecule has 1 fully saturated rings. The molecule has 0 radical (unpaired) electrons. The molecule has 0 spiro atoms. The van der Waals surface area contributed by atoms with Crippen molar-refractivity contribution in [2.75, 3.05) is 6.54 Å². The van der Waals surface area contributed by atoms with E-state index in [0.29, 0.717) is 0 Å². The number of piperidine rings is 1. The molecule has 1 N–H and O–H groups in total. The third-order valence-corrected chi connectivity index (χ3v) is 3.14. The van der Waals surface area contributed by atoms with Gasteiger partial charge in [-0.2, -0.15) is 0 Å². The average molecular weight is 278 g/mol. The Kier molecular flexibility index (Phi) is 3.64. The Morgan fingerprint density at radius 3 is 2.78 bits per heavy atom. The van der Waals surface area contributed by atoms with E-state index in [-0.39, 0.29) is 29.9 Å². The molecule has 6 heteroatoms. The highest BCUT2D eigenvalue weighted by Gasteiger charge is 2.45. The predicted octanol–water partition coefficient (Wildman–Crippen LogP) is 3.24. The van der Waals surface area contributed by atoms with E-state index in [4.69, 9.17) is 0 Å². The molecule has 3 nitrogen and oxygen atoms in total. The van der Waals surface area contributed by atoms with Crippen molar-refractivity contribution < 1.29 is 18.3 Å². The third-order valence-electron chi connectivity index (χ3n) is 3.14. The quantitative estimate of drug-likeness (QED) is 0.855. The molecule has 2 heterocycles. The van der Waals surface area contributed by atoms with Crippen molar-refractivity contribution >= 4 is 12.4 Å². The SMILES string of the molecule is Cl.FC1(F)Oc2cccc([C@@H]3CCCCN3)c2O1. The Balaban J connectivity index is 0.00000120. The van der Waals surface area contributed by atoms with Gasteiger partial charge in [-0.3, -0.25) is 0 Å². The summed E-state index contributed by atoms with van der Waals surface area (Å²) >= 11 is 0. The fourth-order valence-corrected chi connectivity index (χ4v) is 2.38. The van der Waals surface area contributed by atoms with Gasteiger partial charge in [0.15, 0.2) is 11.5 Å². The molecule has 0 bridgehead atoms. The lowest BCUT2D eigenvalue weighted by molar-refractivity contribution is -0.287. The normalized spacial score (nSPS) is 24.4. The van der Waals surface area contributed by atoms with Crippen LogP contribution in [0, 0.1) is 0 Å². The lowest BCUT2D eigenvalue weighted by Crippen LogP contribution is -2.28. The van der Waals surface area contributed by atoms with Crippen LogP contribution in [0.25, 0.3) is 0 Å². The van der Waals surface area contributed by atoms with Crippen molar-refractivity contribution in [2.45, 2.75) is 31.6 Å². The summed E-state index contributed by atoms with van der Waals surface area (Å²) < 4.78 is 35.1. The number of ether oxygens (including phenoxy) is 2. The maximum Gasteiger partial charge on any atom is 0.586 e. The molecule has 3 rings (SSSR count). The molecule has 0 saturated carbocycles. The summed E-state index contributed by atoms with van der Waals surface area (Å²) in [4.78, 5) is 0. The summed E-state index contributed by atoms with van der Waals surface area (Å²) in [5, 5.41) is 3.31. The Bertz CT molecular complexity index is 436. The minimum absolute atomic E-state index is 0. The number of halogens is 3. The molecular weight excluding hydrogens is 264 g/mol. The largest absolute Gasteiger partial charge is 0.586 e. The maximum atomic E-state index is 13.0. The molecule has 0 unspecified atom stereocenters. The van der Waals surface area contributed by atoms with Gasteiger partial charge in [0, 0.05) is 11.6 Å². The minimum Gasteiger partial charge on any atom is -0.395 e. The summed E-state index contributed by atoms with van der Waals surface area (Å²) in [5.74, 6) is 0.303. The maximum absolute atomic E-state index is 13.0. The number of para-hydroxylation sites is 1. The summed E-state index contributed by atoms with van der Waals surface area (Å²) in [6.45, 7) is 0.908. The molecule has 1 aromatic carbocycles. The molecule has 0 aliphatic carbocycles. The van der Waals surface area contributed by atoms with E-state index in [9.17, 15) is 8.78 Å². The van der Waals surface area contributed by atoms with Gasteiger partial charge in [0.25, 0.3) is 0 Å². The van der Waals surface area contributed by atoms with Crippen molar-refractivity contribution in [3.05, 3.63) is 23.8 Å². The van der Waals surface area contributed by atoms with Crippen LogP contribution in [0.1, 0.15) is 30.9 Å². The minimum atomic E-state index is -3.53. The third kappa shape index (κ3) is 2.37. The van der Waals surface area contributed by atoms with Crippen LogP contribution in [0.5, 0.6) is 11.5 Å². The van der Waals surface area contributed by atoms with E-state index in [1.165, 1.54) is 6.07 Å². The number of hydrogen-bond acceptors (Lipinski definition) is 3.